The first kappa shape index (κ1) is 19.4. The molecule has 0 aliphatic heterocycles. The lowest BCUT2D eigenvalue weighted by atomic mass is 9.95. The highest BCUT2D eigenvalue weighted by Crippen LogP contribution is 2.17. The van der Waals surface area contributed by atoms with Gasteiger partial charge in [-0.05, 0) is 31.1 Å². The minimum absolute atomic E-state index is 0.158. The minimum Gasteiger partial charge on any atom is -0.481 e. The molecule has 0 fully saturated rings. The highest BCUT2D eigenvalue weighted by Gasteiger charge is 2.14. The van der Waals surface area contributed by atoms with Gasteiger partial charge in [0.2, 0.25) is 10.0 Å². The molecule has 5 nitrogen and oxygen atoms in total. The lowest BCUT2D eigenvalue weighted by Gasteiger charge is -2.15. The third-order valence-electron chi connectivity index (χ3n) is 3.30. The molecule has 0 aliphatic carbocycles. The average molecular weight is 307 g/mol. The molecule has 0 aromatic carbocycles. The zero-order chi connectivity index (χ0) is 15.6. The Bertz CT molecular complexity index is 365. The molecule has 20 heavy (non-hydrogen) atoms. The Hall–Kier alpha value is -0.620. The predicted molar refractivity (Wildman–Crippen MR) is 81.1 cm³/mol. The van der Waals surface area contributed by atoms with Crippen molar-refractivity contribution in [1.82, 2.24) is 4.72 Å². The molecule has 0 aliphatic rings. The van der Waals surface area contributed by atoms with E-state index in [1.54, 1.807) is 0 Å². The summed E-state index contributed by atoms with van der Waals surface area (Å²) in [5.74, 6) is 0.0283. The second-order valence-corrected chi connectivity index (χ2v) is 7.70. The summed E-state index contributed by atoms with van der Waals surface area (Å²) in [6, 6.07) is 0. The summed E-state index contributed by atoms with van der Waals surface area (Å²) in [6.45, 7) is 6.46. The van der Waals surface area contributed by atoms with Crippen LogP contribution in [0.1, 0.15) is 59.3 Å². The van der Waals surface area contributed by atoms with Crippen LogP contribution in [-0.2, 0) is 14.8 Å². The van der Waals surface area contributed by atoms with Crippen LogP contribution in [0.5, 0.6) is 0 Å². The topological polar surface area (TPSA) is 83.5 Å². The maximum Gasteiger partial charge on any atom is 0.303 e. The summed E-state index contributed by atoms with van der Waals surface area (Å²) in [6.07, 6.45) is 4.09. The molecule has 0 amide bonds. The zero-order valence-corrected chi connectivity index (χ0v) is 13.7. The largest absolute Gasteiger partial charge is 0.481 e. The van der Waals surface area contributed by atoms with E-state index in [0.29, 0.717) is 31.7 Å². The van der Waals surface area contributed by atoms with Gasteiger partial charge in [-0.3, -0.25) is 4.79 Å². The summed E-state index contributed by atoms with van der Waals surface area (Å²) >= 11 is 0. The lowest BCUT2D eigenvalue weighted by molar-refractivity contribution is -0.137. The molecule has 0 spiro atoms. The van der Waals surface area contributed by atoms with Crippen molar-refractivity contribution in [3.8, 4) is 0 Å². The SMILES string of the molecule is CCCC(CCNS(=O)(=O)CCC(C)C)CCC(=O)O. The number of sulfonamides is 1. The van der Waals surface area contributed by atoms with Crippen LogP contribution in [0, 0.1) is 11.8 Å². The fourth-order valence-corrected chi connectivity index (χ4v) is 3.41. The molecule has 0 radical (unpaired) electrons. The van der Waals surface area contributed by atoms with Gasteiger partial charge in [0.05, 0.1) is 5.75 Å². The maximum absolute atomic E-state index is 11.7. The van der Waals surface area contributed by atoms with Gasteiger partial charge >= 0.3 is 5.97 Å². The molecule has 1 atom stereocenters. The van der Waals surface area contributed by atoms with Gasteiger partial charge in [-0.15, -0.1) is 0 Å². The van der Waals surface area contributed by atoms with E-state index in [9.17, 15) is 13.2 Å². The Morgan fingerprint density at radius 3 is 2.30 bits per heavy atom. The van der Waals surface area contributed by atoms with Gasteiger partial charge in [-0.1, -0.05) is 33.6 Å². The monoisotopic (exact) mass is 307 g/mol. The van der Waals surface area contributed by atoms with E-state index in [2.05, 4.69) is 11.6 Å². The van der Waals surface area contributed by atoms with E-state index in [4.69, 9.17) is 5.11 Å². The Kier molecular flexibility index (Phi) is 9.84. The highest BCUT2D eigenvalue weighted by molar-refractivity contribution is 7.89. The van der Waals surface area contributed by atoms with Crippen LogP contribution in [0.4, 0.5) is 0 Å². The molecule has 1 unspecified atom stereocenters. The Labute approximate surface area is 123 Å². The molecule has 0 saturated carbocycles. The Morgan fingerprint density at radius 2 is 1.80 bits per heavy atom. The number of carbonyl (C=O) groups is 1. The van der Waals surface area contributed by atoms with Crippen molar-refractivity contribution in [2.24, 2.45) is 11.8 Å². The molecule has 2 N–H and O–H groups in total. The molecule has 0 bridgehead atoms. The first-order valence-electron chi connectivity index (χ1n) is 7.46. The van der Waals surface area contributed by atoms with Crippen LogP contribution in [-0.4, -0.2) is 31.8 Å². The van der Waals surface area contributed by atoms with E-state index in [1.807, 2.05) is 13.8 Å². The van der Waals surface area contributed by atoms with Gasteiger partial charge in [0.1, 0.15) is 0 Å². The summed E-state index contributed by atoms with van der Waals surface area (Å²) in [5, 5.41) is 8.70. The fourth-order valence-electron chi connectivity index (χ4n) is 2.05. The number of carboxylic acid groups (broad SMARTS) is 1. The quantitative estimate of drug-likeness (QED) is 0.580. The summed E-state index contributed by atoms with van der Waals surface area (Å²) in [4.78, 5) is 10.6. The standard InChI is InChI=1S/C14H29NO4S/c1-4-5-13(6-7-14(16)17)8-10-15-20(18,19)11-9-12(2)3/h12-13,15H,4-11H2,1-3H3,(H,16,17). The maximum atomic E-state index is 11.7. The summed E-state index contributed by atoms with van der Waals surface area (Å²) < 4.78 is 26.1. The second-order valence-electron chi connectivity index (χ2n) is 5.77. The average Bonchev–Trinajstić information content (AvgIpc) is 2.33. The Morgan fingerprint density at radius 1 is 1.15 bits per heavy atom. The van der Waals surface area contributed by atoms with Crippen LogP contribution >= 0.6 is 0 Å². The van der Waals surface area contributed by atoms with Crippen LogP contribution in [0.25, 0.3) is 0 Å². The molecule has 6 heteroatoms. The lowest BCUT2D eigenvalue weighted by Crippen LogP contribution is -2.29. The van der Waals surface area contributed by atoms with Gasteiger partial charge in [-0.2, -0.15) is 0 Å². The zero-order valence-electron chi connectivity index (χ0n) is 12.9. The molecular formula is C14H29NO4S. The molecular weight excluding hydrogens is 278 g/mol. The molecule has 0 aromatic heterocycles. The van der Waals surface area contributed by atoms with Crippen molar-refractivity contribution < 1.29 is 18.3 Å². The third-order valence-corrected chi connectivity index (χ3v) is 4.72. The van der Waals surface area contributed by atoms with Crippen molar-refractivity contribution in [3.63, 3.8) is 0 Å². The Balaban J connectivity index is 4.05. The van der Waals surface area contributed by atoms with Crippen molar-refractivity contribution in [2.45, 2.75) is 59.3 Å². The number of hydrogen-bond donors (Lipinski definition) is 2. The van der Waals surface area contributed by atoms with E-state index in [-0.39, 0.29) is 18.1 Å². The van der Waals surface area contributed by atoms with E-state index in [0.717, 1.165) is 12.8 Å². The second kappa shape index (κ2) is 10.2. The normalized spacial score (nSPS) is 13.6. The minimum atomic E-state index is -3.18. The molecule has 0 rings (SSSR count). The van der Waals surface area contributed by atoms with Gasteiger partial charge in [0.15, 0.2) is 0 Å². The van der Waals surface area contributed by atoms with Crippen LogP contribution in [0.3, 0.4) is 0 Å². The smallest absolute Gasteiger partial charge is 0.303 e. The van der Waals surface area contributed by atoms with E-state index >= 15 is 0 Å². The molecule has 120 valence electrons. The third kappa shape index (κ3) is 11.2. The first-order valence-corrected chi connectivity index (χ1v) is 9.11. The van der Waals surface area contributed by atoms with Crippen LogP contribution in [0.2, 0.25) is 0 Å². The highest BCUT2D eigenvalue weighted by atomic mass is 32.2. The predicted octanol–water partition coefficient (Wildman–Crippen LogP) is 2.62. The van der Waals surface area contributed by atoms with E-state index in [1.165, 1.54) is 0 Å². The first-order chi connectivity index (χ1) is 9.26. The van der Waals surface area contributed by atoms with Gasteiger partial charge in [0, 0.05) is 13.0 Å². The van der Waals surface area contributed by atoms with Crippen molar-refractivity contribution in [1.29, 1.82) is 0 Å². The van der Waals surface area contributed by atoms with Crippen molar-refractivity contribution in [3.05, 3.63) is 0 Å². The number of aliphatic carboxylic acids is 1. The van der Waals surface area contributed by atoms with Gasteiger partial charge < -0.3 is 5.11 Å². The van der Waals surface area contributed by atoms with Crippen molar-refractivity contribution in [2.75, 3.05) is 12.3 Å². The van der Waals surface area contributed by atoms with Gasteiger partial charge in [-0.25, -0.2) is 13.1 Å². The number of rotatable bonds is 12. The summed E-state index contributed by atoms with van der Waals surface area (Å²) in [5.41, 5.74) is 0. The van der Waals surface area contributed by atoms with Crippen LogP contribution in [0.15, 0.2) is 0 Å². The van der Waals surface area contributed by atoms with E-state index < -0.39 is 16.0 Å². The molecule has 0 heterocycles. The van der Waals surface area contributed by atoms with Gasteiger partial charge in [0.25, 0.3) is 0 Å². The fraction of sp³-hybridized carbons (Fsp3) is 0.929. The van der Waals surface area contributed by atoms with Crippen molar-refractivity contribution >= 4 is 16.0 Å². The number of carboxylic acids is 1. The number of hydrogen-bond acceptors (Lipinski definition) is 3. The number of nitrogens with one attached hydrogen (secondary N) is 1. The summed E-state index contributed by atoms with van der Waals surface area (Å²) in [7, 11) is -3.18. The van der Waals surface area contributed by atoms with Crippen LogP contribution < -0.4 is 4.72 Å². The molecule has 0 saturated heterocycles. The molecule has 0 aromatic rings.